The van der Waals surface area contributed by atoms with E-state index in [0.717, 1.165) is 0 Å². The molecule has 0 N–H and O–H groups in total. The molecule has 0 atom stereocenters. The molecule has 2 aromatic carbocycles. The smallest absolute Gasteiger partial charge is 0.340 e. The van der Waals surface area contributed by atoms with E-state index in [-0.39, 0.29) is 17.2 Å². The normalized spacial score (nSPS) is 10.8. The molecule has 0 aliphatic heterocycles. The average molecular weight is 434 g/mol. The number of esters is 1. The number of methoxy groups -OCH3 is 2. The third kappa shape index (κ3) is 3.29. The Balaban J connectivity index is 1.82. The summed E-state index contributed by atoms with van der Waals surface area (Å²) in [5, 5.41) is 11.7. The number of carbonyl (C=O) groups is 2. The number of ether oxygens (including phenoxy) is 2. The van der Waals surface area contributed by atoms with E-state index in [2.05, 4.69) is 0 Å². The summed E-state index contributed by atoms with van der Waals surface area (Å²) in [6, 6.07) is 14.1. The molecule has 32 heavy (non-hydrogen) atoms. The van der Waals surface area contributed by atoms with Crippen molar-refractivity contribution in [2.75, 3.05) is 14.2 Å². The van der Waals surface area contributed by atoms with Gasteiger partial charge in [-0.2, -0.15) is 0 Å². The van der Waals surface area contributed by atoms with E-state index < -0.39 is 16.8 Å². The summed E-state index contributed by atoms with van der Waals surface area (Å²) in [4.78, 5) is 36.3. The second-order valence-corrected chi connectivity index (χ2v) is 6.92. The summed E-state index contributed by atoms with van der Waals surface area (Å²) >= 11 is 0. The molecule has 9 heteroatoms. The van der Waals surface area contributed by atoms with Crippen LogP contribution in [0.25, 0.3) is 22.2 Å². The lowest BCUT2D eigenvalue weighted by atomic mass is 10.1. The standard InChI is InChI=1S/C23H18N2O7/c1-13-21(23(27)31-3)15-6-4-5-7-17(15)24(13)22(26)20-11-10-19(32-20)16-12-14(25(28)29)8-9-18(16)30-2/h4-12H,1-3H3. The van der Waals surface area contributed by atoms with Gasteiger partial charge in [-0.05, 0) is 31.2 Å². The van der Waals surface area contributed by atoms with Gasteiger partial charge in [0.05, 0.1) is 35.8 Å². The molecule has 0 aliphatic carbocycles. The fourth-order valence-corrected chi connectivity index (χ4v) is 3.70. The predicted molar refractivity (Wildman–Crippen MR) is 115 cm³/mol. The zero-order valence-electron chi connectivity index (χ0n) is 17.4. The first-order valence-electron chi connectivity index (χ1n) is 9.53. The van der Waals surface area contributed by atoms with Crippen molar-refractivity contribution in [3.8, 4) is 17.1 Å². The number of non-ortho nitro benzene ring substituents is 1. The molecule has 4 rings (SSSR count). The fraction of sp³-hybridized carbons (Fsp3) is 0.130. The molecule has 162 valence electrons. The summed E-state index contributed by atoms with van der Waals surface area (Å²) in [5.41, 5.74) is 1.43. The van der Waals surface area contributed by atoms with Crippen molar-refractivity contribution in [3.05, 3.63) is 81.7 Å². The van der Waals surface area contributed by atoms with Crippen molar-refractivity contribution in [1.82, 2.24) is 4.57 Å². The first-order chi connectivity index (χ1) is 15.4. The third-order valence-corrected chi connectivity index (χ3v) is 5.18. The van der Waals surface area contributed by atoms with Crippen LogP contribution in [0.15, 0.2) is 59.0 Å². The number of aromatic nitrogens is 1. The second kappa shape index (κ2) is 8.03. The van der Waals surface area contributed by atoms with Crippen LogP contribution in [0, 0.1) is 17.0 Å². The first-order valence-corrected chi connectivity index (χ1v) is 9.53. The summed E-state index contributed by atoms with van der Waals surface area (Å²) in [7, 11) is 2.71. The number of para-hydroxylation sites is 1. The number of benzene rings is 2. The number of fused-ring (bicyclic) bond motifs is 1. The molecular formula is C23H18N2O7. The van der Waals surface area contributed by atoms with Crippen LogP contribution in [0.5, 0.6) is 5.75 Å². The van der Waals surface area contributed by atoms with Crippen LogP contribution in [0.3, 0.4) is 0 Å². The van der Waals surface area contributed by atoms with Gasteiger partial charge in [0.25, 0.3) is 11.6 Å². The fourth-order valence-electron chi connectivity index (χ4n) is 3.70. The van der Waals surface area contributed by atoms with Gasteiger partial charge in [0.15, 0.2) is 5.76 Å². The highest BCUT2D eigenvalue weighted by molar-refractivity contribution is 6.11. The minimum absolute atomic E-state index is 0.00571. The average Bonchev–Trinajstić information content (AvgIpc) is 3.40. The van der Waals surface area contributed by atoms with Crippen LogP contribution in [0.1, 0.15) is 26.6 Å². The molecule has 0 fully saturated rings. The summed E-state index contributed by atoms with van der Waals surface area (Å²) in [6.45, 7) is 1.65. The van der Waals surface area contributed by atoms with Gasteiger partial charge in [0.2, 0.25) is 0 Å². The van der Waals surface area contributed by atoms with Gasteiger partial charge in [-0.1, -0.05) is 18.2 Å². The first kappa shape index (κ1) is 20.9. The molecule has 0 spiro atoms. The minimum atomic E-state index is -0.549. The van der Waals surface area contributed by atoms with Crippen molar-refractivity contribution < 1.29 is 28.4 Å². The Morgan fingerprint density at radius 2 is 1.81 bits per heavy atom. The molecule has 0 saturated heterocycles. The molecule has 0 amide bonds. The number of hydrogen-bond donors (Lipinski definition) is 0. The van der Waals surface area contributed by atoms with E-state index in [1.54, 1.807) is 31.2 Å². The molecular weight excluding hydrogens is 416 g/mol. The SMILES string of the molecule is COC(=O)c1c(C)n(C(=O)c2ccc(-c3cc([N+](=O)[O-])ccc3OC)o2)c2ccccc12. The molecule has 0 radical (unpaired) electrons. The highest BCUT2D eigenvalue weighted by Crippen LogP contribution is 2.35. The molecule has 2 heterocycles. The van der Waals surface area contributed by atoms with Crippen LogP contribution >= 0.6 is 0 Å². The van der Waals surface area contributed by atoms with Gasteiger partial charge in [-0.3, -0.25) is 19.5 Å². The molecule has 0 bridgehead atoms. The minimum Gasteiger partial charge on any atom is -0.496 e. The summed E-state index contributed by atoms with van der Waals surface area (Å²) in [6.07, 6.45) is 0. The lowest BCUT2D eigenvalue weighted by molar-refractivity contribution is -0.384. The van der Waals surface area contributed by atoms with Crippen LogP contribution in [0.4, 0.5) is 5.69 Å². The van der Waals surface area contributed by atoms with Gasteiger partial charge >= 0.3 is 5.97 Å². The maximum Gasteiger partial charge on any atom is 0.340 e. The zero-order valence-corrected chi connectivity index (χ0v) is 17.4. The van der Waals surface area contributed by atoms with Crippen molar-refractivity contribution in [2.45, 2.75) is 6.92 Å². The molecule has 0 aliphatic rings. The quantitative estimate of drug-likeness (QED) is 0.256. The van der Waals surface area contributed by atoms with Gasteiger partial charge in [0, 0.05) is 23.2 Å². The third-order valence-electron chi connectivity index (χ3n) is 5.18. The highest BCUT2D eigenvalue weighted by Gasteiger charge is 2.26. The topological polar surface area (TPSA) is 114 Å². The number of carbonyl (C=O) groups excluding carboxylic acids is 2. The Hall–Kier alpha value is -4.40. The summed E-state index contributed by atoms with van der Waals surface area (Å²) in [5.74, 6) is -0.458. The van der Waals surface area contributed by atoms with E-state index in [1.165, 1.54) is 49.1 Å². The number of nitrogens with zero attached hydrogens (tertiary/aromatic N) is 2. The van der Waals surface area contributed by atoms with Crippen LogP contribution in [-0.4, -0.2) is 35.6 Å². The summed E-state index contributed by atoms with van der Waals surface area (Å²) < 4.78 is 17.3. The Labute approximate surface area is 181 Å². The Morgan fingerprint density at radius 3 is 2.50 bits per heavy atom. The Kier molecular flexibility index (Phi) is 5.23. The van der Waals surface area contributed by atoms with Crippen LogP contribution in [-0.2, 0) is 4.74 Å². The van der Waals surface area contributed by atoms with Crippen molar-refractivity contribution >= 4 is 28.5 Å². The van der Waals surface area contributed by atoms with Crippen molar-refractivity contribution in [1.29, 1.82) is 0 Å². The molecule has 9 nitrogen and oxygen atoms in total. The van der Waals surface area contributed by atoms with Gasteiger partial charge < -0.3 is 13.9 Å². The number of nitro groups is 1. The van der Waals surface area contributed by atoms with E-state index in [1.807, 2.05) is 0 Å². The number of furan rings is 1. The number of hydrogen-bond acceptors (Lipinski definition) is 7. The Morgan fingerprint density at radius 1 is 1.06 bits per heavy atom. The monoisotopic (exact) mass is 434 g/mol. The number of rotatable bonds is 5. The maximum absolute atomic E-state index is 13.4. The number of nitro benzene ring substituents is 1. The Bertz CT molecular complexity index is 1380. The second-order valence-electron chi connectivity index (χ2n) is 6.92. The lowest BCUT2D eigenvalue weighted by Gasteiger charge is -2.07. The lowest BCUT2D eigenvalue weighted by Crippen LogP contribution is -2.14. The van der Waals surface area contributed by atoms with Gasteiger partial charge in [-0.25, -0.2) is 4.79 Å². The van der Waals surface area contributed by atoms with Crippen molar-refractivity contribution in [3.63, 3.8) is 0 Å². The van der Waals surface area contributed by atoms with Gasteiger partial charge in [0.1, 0.15) is 11.5 Å². The van der Waals surface area contributed by atoms with E-state index in [9.17, 15) is 19.7 Å². The largest absolute Gasteiger partial charge is 0.496 e. The molecule has 4 aromatic rings. The molecule has 0 saturated carbocycles. The molecule has 2 aromatic heterocycles. The zero-order chi connectivity index (χ0) is 23.0. The van der Waals surface area contributed by atoms with Crippen molar-refractivity contribution in [2.24, 2.45) is 0 Å². The van der Waals surface area contributed by atoms with E-state index >= 15 is 0 Å². The van der Waals surface area contributed by atoms with E-state index in [0.29, 0.717) is 33.5 Å². The maximum atomic E-state index is 13.4. The van der Waals surface area contributed by atoms with Gasteiger partial charge in [-0.15, -0.1) is 0 Å². The van der Waals surface area contributed by atoms with Crippen LogP contribution in [0.2, 0.25) is 0 Å². The highest BCUT2D eigenvalue weighted by atomic mass is 16.6. The van der Waals surface area contributed by atoms with E-state index in [4.69, 9.17) is 13.9 Å². The van der Waals surface area contributed by atoms with Crippen LogP contribution < -0.4 is 4.74 Å². The predicted octanol–water partition coefficient (Wildman–Crippen LogP) is 4.60. The molecule has 0 unspecified atom stereocenters.